The lowest BCUT2D eigenvalue weighted by molar-refractivity contribution is 0.0394. The molecule has 0 saturated carbocycles. The third-order valence-electron chi connectivity index (χ3n) is 2.62. The Morgan fingerprint density at radius 1 is 1.30 bits per heavy atom. The van der Waals surface area contributed by atoms with E-state index in [1.807, 2.05) is 0 Å². The van der Waals surface area contributed by atoms with Crippen LogP contribution in [-0.2, 0) is 0 Å². The summed E-state index contributed by atoms with van der Waals surface area (Å²) in [5, 5.41) is 18.6. The summed E-state index contributed by atoms with van der Waals surface area (Å²) < 4.78 is 0. The van der Waals surface area contributed by atoms with Gasteiger partial charge < -0.3 is 10.2 Å². The molecule has 2 rings (SSSR count). The van der Waals surface area contributed by atoms with Gasteiger partial charge in [-0.1, -0.05) is 0 Å². The molecule has 2 N–H and O–H groups in total. The number of aliphatic hydroxyl groups excluding tert-OH is 2. The molecule has 0 aliphatic carbocycles. The minimum atomic E-state index is -0.495. The van der Waals surface area contributed by atoms with Crippen LogP contribution >= 0.6 is 0 Å². The van der Waals surface area contributed by atoms with Crippen molar-refractivity contribution in [1.29, 1.82) is 0 Å². The van der Waals surface area contributed by atoms with Crippen LogP contribution in [0.2, 0.25) is 0 Å². The molecular formula is C7H13NO2. The summed E-state index contributed by atoms with van der Waals surface area (Å²) in [5.41, 5.74) is 0. The minimum Gasteiger partial charge on any atom is -0.389 e. The molecule has 0 unspecified atom stereocenters. The van der Waals surface area contributed by atoms with Crippen LogP contribution in [0.15, 0.2) is 0 Å². The molecule has 0 aromatic rings. The van der Waals surface area contributed by atoms with E-state index in [0.29, 0.717) is 6.54 Å². The van der Waals surface area contributed by atoms with E-state index in [1.165, 1.54) is 6.42 Å². The fourth-order valence-corrected chi connectivity index (χ4v) is 2.07. The number of hydrogen-bond donors (Lipinski definition) is 2. The van der Waals surface area contributed by atoms with Gasteiger partial charge in [-0.2, -0.15) is 0 Å². The van der Waals surface area contributed by atoms with Crippen molar-refractivity contribution in [3.8, 4) is 0 Å². The molecule has 0 spiro atoms. The van der Waals surface area contributed by atoms with E-state index in [0.717, 1.165) is 13.0 Å². The molecule has 2 heterocycles. The van der Waals surface area contributed by atoms with Gasteiger partial charge in [-0.25, -0.2) is 0 Å². The van der Waals surface area contributed by atoms with E-state index in [-0.39, 0.29) is 6.04 Å². The summed E-state index contributed by atoms with van der Waals surface area (Å²) in [6, 6.07) is 0.259. The monoisotopic (exact) mass is 143 g/mol. The second-order valence-electron chi connectivity index (χ2n) is 3.26. The number of fused-ring (bicyclic) bond motifs is 1. The Balaban J connectivity index is 2.09. The number of nitrogens with zero attached hydrogens (tertiary/aromatic N) is 1. The molecule has 2 aliphatic rings. The third-order valence-corrected chi connectivity index (χ3v) is 2.62. The molecule has 3 atom stereocenters. The maximum absolute atomic E-state index is 9.38. The van der Waals surface area contributed by atoms with Gasteiger partial charge >= 0.3 is 0 Å². The molecule has 10 heavy (non-hydrogen) atoms. The van der Waals surface area contributed by atoms with Gasteiger partial charge in [0.1, 0.15) is 0 Å². The van der Waals surface area contributed by atoms with Crippen molar-refractivity contribution in [2.75, 3.05) is 13.1 Å². The van der Waals surface area contributed by atoms with E-state index >= 15 is 0 Å². The molecule has 0 amide bonds. The SMILES string of the molecule is O[C@H]1[C@H](O)CN2CCC[C@H]12. The Morgan fingerprint density at radius 2 is 2.10 bits per heavy atom. The van der Waals surface area contributed by atoms with Crippen molar-refractivity contribution in [2.45, 2.75) is 31.1 Å². The lowest BCUT2D eigenvalue weighted by Crippen LogP contribution is -2.30. The highest BCUT2D eigenvalue weighted by Gasteiger charge is 2.41. The highest BCUT2D eigenvalue weighted by molar-refractivity contribution is 4.96. The van der Waals surface area contributed by atoms with E-state index < -0.39 is 12.2 Å². The van der Waals surface area contributed by atoms with Crippen LogP contribution in [-0.4, -0.2) is 46.5 Å². The lowest BCUT2D eigenvalue weighted by atomic mass is 10.1. The largest absolute Gasteiger partial charge is 0.389 e. The van der Waals surface area contributed by atoms with Crippen molar-refractivity contribution < 1.29 is 10.2 Å². The molecule has 0 aromatic carbocycles. The molecule has 58 valence electrons. The quantitative estimate of drug-likeness (QED) is 0.466. The van der Waals surface area contributed by atoms with Crippen LogP contribution in [0.25, 0.3) is 0 Å². The lowest BCUT2D eigenvalue weighted by Gasteiger charge is -2.14. The summed E-state index contributed by atoms with van der Waals surface area (Å²) >= 11 is 0. The van der Waals surface area contributed by atoms with E-state index in [2.05, 4.69) is 4.90 Å². The van der Waals surface area contributed by atoms with Gasteiger partial charge in [0.25, 0.3) is 0 Å². The summed E-state index contributed by atoms with van der Waals surface area (Å²) in [6.45, 7) is 1.73. The predicted molar refractivity (Wildman–Crippen MR) is 36.6 cm³/mol. The van der Waals surface area contributed by atoms with Gasteiger partial charge in [-0.15, -0.1) is 0 Å². The molecule has 0 bridgehead atoms. The fourth-order valence-electron chi connectivity index (χ4n) is 2.07. The van der Waals surface area contributed by atoms with Gasteiger partial charge in [-0.05, 0) is 19.4 Å². The molecule has 0 radical (unpaired) electrons. The Kier molecular flexibility index (Phi) is 1.44. The van der Waals surface area contributed by atoms with Crippen LogP contribution in [0.5, 0.6) is 0 Å². The summed E-state index contributed by atoms with van der Waals surface area (Å²) in [7, 11) is 0. The van der Waals surface area contributed by atoms with Crippen molar-refractivity contribution in [3.63, 3.8) is 0 Å². The maximum atomic E-state index is 9.38. The smallest absolute Gasteiger partial charge is 0.0966 e. The second-order valence-corrected chi connectivity index (χ2v) is 3.26. The van der Waals surface area contributed by atoms with E-state index in [9.17, 15) is 10.2 Å². The zero-order valence-corrected chi connectivity index (χ0v) is 5.90. The predicted octanol–water partition coefficient (Wildman–Crippen LogP) is -0.814. The first-order valence-electron chi connectivity index (χ1n) is 3.89. The summed E-state index contributed by atoms with van der Waals surface area (Å²) in [6.07, 6.45) is 1.25. The van der Waals surface area contributed by atoms with Crippen molar-refractivity contribution in [1.82, 2.24) is 4.90 Å². The van der Waals surface area contributed by atoms with Gasteiger partial charge in [0.15, 0.2) is 0 Å². The van der Waals surface area contributed by atoms with E-state index in [4.69, 9.17) is 0 Å². The number of aliphatic hydroxyl groups is 2. The van der Waals surface area contributed by atoms with Crippen LogP contribution in [0, 0.1) is 0 Å². The zero-order valence-electron chi connectivity index (χ0n) is 5.90. The third kappa shape index (κ3) is 0.779. The molecule has 2 aliphatic heterocycles. The van der Waals surface area contributed by atoms with E-state index in [1.54, 1.807) is 0 Å². The fraction of sp³-hybridized carbons (Fsp3) is 1.00. The van der Waals surface area contributed by atoms with Crippen LogP contribution in [0.1, 0.15) is 12.8 Å². The Bertz CT molecular complexity index is 138. The summed E-state index contributed by atoms with van der Waals surface area (Å²) in [5.74, 6) is 0. The first-order valence-corrected chi connectivity index (χ1v) is 3.89. The van der Waals surface area contributed by atoms with Crippen molar-refractivity contribution >= 4 is 0 Å². The molecule has 3 heteroatoms. The zero-order chi connectivity index (χ0) is 7.14. The maximum Gasteiger partial charge on any atom is 0.0966 e. The van der Waals surface area contributed by atoms with Gasteiger partial charge in [0, 0.05) is 12.6 Å². The van der Waals surface area contributed by atoms with Crippen molar-refractivity contribution in [2.24, 2.45) is 0 Å². The molecule has 2 saturated heterocycles. The Hall–Kier alpha value is -0.120. The van der Waals surface area contributed by atoms with Crippen LogP contribution in [0.4, 0.5) is 0 Å². The van der Waals surface area contributed by atoms with Gasteiger partial charge in [-0.3, -0.25) is 4.90 Å². The molecule has 3 nitrogen and oxygen atoms in total. The van der Waals surface area contributed by atoms with Gasteiger partial charge in [0.2, 0.25) is 0 Å². The Morgan fingerprint density at radius 3 is 2.80 bits per heavy atom. The van der Waals surface area contributed by atoms with Crippen LogP contribution < -0.4 is 0 Å². The highest BCUT2D eigenvalue weighted by atomic mass is 16.3. The highest BCUT2D eigenvalue weighted by Crippen LogP contribution is 2.27. The number of hydrogen-bond acceptors (Lipinski definition) is 3. The normalized spacial score (nSPS) is 48.0. The first-order chi connectivity index (χ1) is 4.79. The van der Waals surface area contributed by atoms with Crippen LogP contribution in [0.3, 0.4) is 0 Å². The minimum absolute atomic E-state index is 0.259. The topological polar surface area (TPSA) is 43.7 Å². The average Bonchev–Trinajstić information content (AvgIpc) is 2.41. The Labute approximate surface area is 60.3 Å². The van der Waals surface area contributed by atoms with Gasteiger partial charge in [0.05, 0.1) is 12.2 Å². The molecule has 2 fully saturated rings. The standard InChI is InChI=1S/C7H13NO2/c9-6-4-8-3-1-2-5(8)7(6)10/h5-7,9-10H,1-4H2/t5-,6-,7-/m1/s1. The average molecular weight is 143 g/mol. The number of rotatable bonds is 0. The van der Waals surface area contributed by atoms with Crippen molar-refractivity contribution in [3.05, 3.63) is 0 Å². The first kappa shape index (κ1) is 6.58. The molecule has 0 aromatic heterocycles. The molecular weight excluding hydrogens is 130 g/mol. The summed E-state index contributed by atoms with van der Waals surface area (Å²) in [4.78, 5) is 2.18. The second kappa shape index (κ2) is 2.19.